The van der Waals surface area contributed by atoms with Gasteiger partial charge in [0.25, 0.3) is 0 Å². The highest BCUT2D eigenvalue weighted by molar-refractivity contribution is 5.86. The van der Waals surface area contributed by atoms with Gasteiger partial charge < -0.3 is 10.6 Å². The average molecular weight is 254 g/mol. The van der Waals surface area contributed by atoms with Gasteiger partial charge >= 0.3 is 0 Å². The number of nitrogens with zero attached hydrogens (tertiary/aromatic N) is 1. The molecule has 0 radical (unpaired) electrons. The van der Waals surface area contributed by atoms with E-state index < -0.39 is 5.54 Å². The lowest BCUT2D eigenvalue weighted by Gasteiger charge is -2.43. The van der Waals surface area contributed by atoms with Crippen LogP contribution in [0.1, 0.15) is 66.2 Å². The monoisotopic (exact) mass is 254 g/mol. The van der Waals surface area contributed by atoms with Gasteiger partial charge in [0.1, 0.15) is 0 Å². The first-order valence-electron chi connectivity index (χ1n) is 7.55. The smallest absolute Gasteiger partial charge is 0.242 e. The summed E-state index contributed by atoms with van der Waals surface area (Å²) in [6.45, 7) is 10.3. The third-order valence-corrected chi connectivity index (χ3v) is 5.30. The molecule has 0 bridgehead atoms. The first-order chi connectivity index (χ1) is 8.47. The molecule has 0 saturated carbocycles. The van der Waals surface area contributed by atoms with Crippen molar-refractivity contribution in [3.05, 3.63) is 0 Å². The quantitative estimate of drug-likeness (QED) is 0.820. The lowest BCUT2D eigenvalue weighted by atomic mass is 9.74. The fraction of sp³-hybridized carbons (Fsp3) is 0.933. The molecule has 0 spiro atoms. The van der Waals surface area contributed by atoms with Crippen molar-refractivity contribution >= 4 is 5.91 Å². The first kappa shape index (κ1) is 15.5. The molecule has 0 aromatic rings. The Kier molecular flexibility index (Phi) is 5.20. The van der Waals surface area contributed by atoms with Crippen molar-refractivity contribution in [3.8, 4) is 0 Å². The number of amides is 1. The number of nitrogens with two attached hydrogens (primary N) is 1. The van der Waals surface area contributed by atoms with Gasteiger partial charge in [-0.15, -0.1) is 0 Å². The normalized spacial score (nSPS) is 19.9. The number of piperidine rings is 1. The number of carbonyl (C=O) groups excluding carboxylic acids is 1. The standard InChI is InChI=1S/C15H30N2O/c1-5-14(6-2)9-11-17(12-10-14)13(18)15(16,7-3)8-4/h5-12,16H2,1-4H3. The van der Waals surface area contributed by atoms with Crippen molar-refractivity contribution in [1.29, 1.82) is 0 Å². The molecule has 3 nitrogen and oxygen atoms in total. The summed E-state index contributed by atoms with van der Waals surface area (Å²) in [7, 11) is 0. The second-order valence-electron chi connectivity index (χ2n) is 5.86. The predicted octanol–water partition coefficient (Wildman–Crippen LogP) is 2.93. The molecule has 3 heteroatoms. The van der Waals surface area contributed by atoms with Crippen molar-refractivity contribution < 1.29 is 4.79 Å². The molecule has 0 aliphatic carbocycles. The Labute approximate surface area is 112 Å². The van der Waals surface area contributed by atoms with E-state index in [4.69, 9.17) is 5.73 Å². The lowest BCUT2D eigenvalue weighted by molar-refractivity contribution is -0.139. The summed E-state index contributed by atoms with van der Waals surface area (Å²) in [5.41, 5.74) is 6.04. The third-order valence-electron chi connectivity index (χ3n) is 5.30. The lowest BCUT2D eigenvalue weighted by Crippen LogP contribution is -2.57. The highest BCUT2D eigenvalue weighted by Gasteiger charge is 2.38. The molecule has 0 aromatic heterocycles. The topological polar surface area (TPSA) is 46.3 Å². The molecule has 1 heterocycles. The molecule has 0 unspecified atom stereocenters. The maximum Gasteiger partial charge on any atom is 0.242 e. The van der Waals surface area contributed by atoms with Crippen LogP contribution in [0.4, 0.5) is 0 Å². The van der Waals surface area contributed by atoms with Crippen LogP contribution in [0.2, 0.25) is 0 Å². The van der Waals surface area contributed by atoms with Crippen LogP contribution in [-0.4, -0.2) is 29.4 Å². The van der Waals surface area contributed by atoms with E-state index >= 15 is 0 Å². The van der Waals surface area contributed by atoms with E-state index in [0.717, 1.165) is 38.8 Å². The molecular formula is C15H30N2O. The summed E-state index contributed by atoms with van der Waals surface area (Å²) in [5.74, 6) is 0.160. The van der Waals surface area contributed by atoms with Gasteiger partial charge in [-0.2, -0.15) is 0 Å². The van der Waals surface area contributed by atoms with E-state index in [2.05, 4.69) is 13.8 Å². The van der Waals surface area contributed by atoms with E-state index in [1.165, 1.54) is 12.8 Å². The molecule has 1 amide bonds. The Balaban J connectivity index is 2.65. The number of carbonyl (C=O) groups is 1. The fourth-order valence-electron chi connectivity index (χ4n) is 3.01. The second-order valence-corrected chi connectivity index (χ2v) is 5.86. The molecule has 2 N–H and O–H groups in total. The van der Waals surface area contributed by atoms with Crippen LogP contribution in [0.25, 0.3) is 0 Å². The molecule has 1 saturated heterocycles. The Bertz CT molecular complexity index is 270. The predicted molar refractivity (Wildman–Crippen MR) is 76.3 cm³/mol. The zero-order chi connectivity index (χ0) is 13.8. The van der Waals surface area contributed by atoms with E-state index in [9.17, 15) is 4.79 Å². The van der Waals surface area contributed by atoms with Crippen LogP contribution in [0, 0.1) is 5.41 Å². The van der Waals surface area contributed by atoms with E-state index in [0.29, 0.717) is 5.41 Å². The largest absolute Gasteiger partial charge is 0.341 e. The highest BCUT2D eigenvalue weighted by atomic mass is 16.2. The van der Waals surface area contributed by atoms with Crippen molar-refractivity contribution in [1.82, 2.24) is 4.90 Å². The maximum atomic E-state index is 12.5. The number of rotatable bonds is 5. The summed E-state index contributed by atoms with van der Waals surface area (Å²) in [6.07, 6.45) is 6.17. The van der Waals surface area contributed by atoms with Crippen molar-refractivity contribution in [3.63, 3.8) is 0 Å². The average Bonchev–Trinajstić information content (AvgIpc) is 2.45. The Morgan fingerprint density at radius 1 is 1.11 bits per heavy atom. The molecule has 1 aliphatic heterocycles. The van der Waals surface area contributed by atoms with Gasteiger partial charge in [-0.3, -0.25) is 4.79 Å². The van der Waals surface area contributed by atoms with Gasteiger partial charge in [-0.1, -0.05) is 40.5 Å². The summed E-state index contributed by atoms with van der Waals surface area (Å²) >= 11 is 0. The van der Waals surface area contributed by atoms with Crippen molar-refractivity contribution in [2.24, 2.45) is 11.1 Å². The van der Waals surface area contributed by atoms with Gasteiger partial charge in [0.15, 0.2) is 0 Å². The highest BCUT2D eigenvalue weighted by Crippen LogP contribution is 2.38. The number of likely N-dealkylation sites (tertiary alicyclic amines) is 1. The van der Waals surface area contributed by atoms with Gasteiger partial charge in [0.05, 0.1) is 5.54 Å². The minimum absolute atomic E-state index is 0.160. The third kappa shape index (κ3) is 2.87. The number of hydrogen-bond acceptors (Lipinski definition) is 2. The minimum Gasteiger partial charge on any atom is -0.341 e. The molecule has 0 aromatic carbocycles. The van der Waals surface area contributed by atoms with Crippen LogP contribution < -0.4 is 5.73 Å². The van der Waals surface area contributed by atoms with Gasteiger partial charge in [-0.05, 0) is 31.1 Å². The maximum absolute atomic E-state index is 12.5. The Morgan fingerprint density at radius 2 is 1.56 bits per heavy atom. The minimum atomic E-state index is -0.640. The van der Waals surface area contributed by atoms with Crippen molar-refractivity contribution in [2.45, 2.75) is 71.8 Å². The molecule has 0 atom stereocenters. The van der Waals surface area contributed by atoms with E-state index in [1.54, 1.807) is 0 Å². The Hall–Kier alpha value is -0.570. The van der Waals surface area contributed by atoms with Crippen LogP contribution in [-0.2, 0) is 4.79 Å². The van der Waals surface area contributed by atoms with Gasteiger partial charge in [0, 0.05) is 13.1 Å². The Morgan fingerprint density at radius 3 is 1.89 bits per heavy atom. The summed E-state index contributed by atoms with van der Waals surface area (Å²) < 4.78 is 0. The van der Waals surface area contributed by atoms with Gasteiger partial charge in [0.2, 0.25) is 5.91 Å². The van der Waals surface area contributed by atoms with Crippen molar-refractivity contribution in [2.75, 3.05) is 13.1 Å². The molecule has 18 heavy (non-hydrogen) atoms. The second kappa shape index (κ2) is 6.05. The van der Waals surface area contributed by atoms with Crippen LogP contribution in [0.3, 0.4) is 0 Å². The molecule has 1 fully saturated rings. The molecule has 1 rings (SSSR count). The van der Waals surface area contributed by atoms with Crippen LogP contribution in [0.5, 0.6) is 0 Å². The zero-order valence-electron chi connectivity index (χ0n) is 12.6. The van der Waals surface area contributed by atoms with E-state index in [-0.39, 0.29) is 5.91 Å². The van der Waals surface area contributed by atoms with E-state index in [1.807, 2.05) is 18.7 Å². The fourth-order valence-corrected chi connectivity index (χ4v) is 3.01. The molecular weight excluding hydrogens is 224 g/mol. The van der Waals surface area contributed by atoms with Gasteiger partial charge in [-0.25, -0.2) is 0 Å². The SMILES string of the molecule is CCC1(CC)CCN(C(=O)C(N)(CC)CC)CC1. The summed E-state index contributed by atoms with van der Waals surface area (Å²) in [4.78, 5) is 14.5. The summed E-state index contributed by atoms with van der Waals surface area (Å²) in [6, 6.07) is 0. The molecule has 106 valence electrons. The molecule has 1 aliphatic rings. The summed E-state index contributed by atoms with van der Waals surface area (Å²) in [5, 5.41) is 0. The first-order valence-corrected chi connectivity index (χ1v) is 7.55. The number of hydrogen-bond donors (Lipinski definition) is 1. The zero-order valence-corrected chi connectivity index (χ0v) is 12.6. The van der Waals surface area contributed by atoms with Crippen LogP contribution >= 0.6 is 0 Å². The van der Waals surface area contributed by atoms with Crippen LogP contribution in [0.15, 0.2) is 0 Å².